The minimum atomic E-state index is -1.06. The van der Waals surface area contributed by atoms with E-state index in [1.54, 1.807) is 19.3 Å². The van der Waals surface area contributed by atoms with Crippen molar-refractivity contribution in [3.05, 3.63) is 76.8 Å². The Morgan fingerprint density at radius 1 is 1.02 bits per heavy atom. The number of hydrogen-bond donors (Lipinski definition) is 2. The molecule has 3 rings (SSSR count). The van der Waals surface area contributed by atoms with Crippen molar-refractivity contribution in [1.82, 2.24) is 10.6 Å². The molecule has 0 bridgehead atoms. The number of amides is 1. The van der Waals surface area contributed by atoms with E-state index in [0.29, 0.717) is 30.2 Å². The molecule has 6 atom stereocenters. The average Bonchev–Trinajstić information content (AvgIpc) is 2.98. The molecule has 9 nitrogen and oxygen atoms in total. The quantitative estimate of drug-likeness (QED) is 0.333. The molecular formula is C35H47ClN2O7. The Hall–Kier alpha value is -3.40. The van der Waals surface area contributed by atoms with Crippen LogP contribution in [0.15, 0.2) is 60.7 Å². The van der Waals surface area contributed by atoms with Gasteiger partial charge in [-0.3, -0.25) is 9.59 Å². The van der Waals surface area contributed by atoms with E-state index in [-0.39, 0.29) is 42.9 Å². The number of carbonyl (C=O) groups is 3. The van der Waals surface area contributed by atoms with Crippen LogP contribution in [-0.4, -0.2) is 61.9 Å². The van der Waals surface area contributed by atoms with E-state index in [1.807, 2.05) is 77.1 Å². The molecule has 2 aromatic rings. The molecule has 246 valence electrons. The molecule has 0 aromatic heterocycles. The van der Waals surface area contributed by atoms with Crippen molar-refractivity contribution in [3.8, 4) is 5.75 Å². The number of rotatable bonds is 9. The highest BCUT2D eigenvalue weighted by molar-refractivity contribution is 6.32. The van der Waals surface area contributed by atoms with E-state index in [4.69, 9.17) is 30.5 Å². The second-order valence-corrected chi connectivity index (χ2v) is 12.4. The van der Waals surface area contributed by atoms with Crippen LogP contribution in [0.2, 0.25) is 5.02 Å². The molecule has 1 amide bonds. The summed E-state index contributed by atoms with van der Waals surface area (Å²) in [5, 5.41) is 6.84. The van der Waals surface area contributed by atoms with E-state index in [1.165, 1.54) is 6.08 Å². The predicted octanol–water partition coefficient (Wildman–Crippen LogP) is 5.74. The second-order valence-electron chi connectivity index (χ2n) is 12.0. The maximum Gasteiger partial charge on any atom is 0.347 e. The Kier molecular flexibility index (Phi) is 14.4. The van der Waals surface area contributed by atoms with Crippen molar-refractivity contribution in [2.24, 2.45) is 5.92 Å². The SMILES string of the molecule is COc1ccc(CC2CNC(C)CC(=O)OC(CC(C)C)C(=O)O[C@H](C(C)OC(C)c3ccccc3)C/C=C/C(=O)N2)cc1Cl. The summed E-state index contributed by atoms with van der Waals surface area (Å²) in [5.74, 6) is -0.788. The van der Waals surface area contributed by atoms with Crippen LogP contribution < -0.4 is 15.4 Å². The standard InChI is InChI=1S/C35H47ClN2O7/c1-22(2)17-32-35(41)45-30(25(5)43-24(4)27-11-8-7-9-12-27)13-10-14-33(39)38-28(21-37-23(3)18-34(40)44-32)19-26-15-16-31(42-6)29(36)20-26/h7-12,14-16,20,22-25,28,30,32,37H,13,17-19,21H2,1-6H3,(H,38,39)/b14-10+/t23?,24?,25?,28?,30-,32?/m0/s1. The number of ether oxygens (including phenoxy) is 4. The fourth-order valence-electron chi connectivity index (χ4n) is 5.12. The van der Waals surface area contributed by atoms with Crippen LogP contribution in [0.25, 0.3) is 0 Å². The molecule has 5 unspecified atom stereocenters. The Balaban J connectivity index is 1.84. The maximum atomic E-state index is 13.4. The monoisotopic (exact) mass is 642 g/mol. The summed E-state index contributed by atoms with van der Waals surface area (Å²) in [6.45, 7) is 9.91. The summed E-state index contributed by atoms with van der Waals surface area (Å²) in [5.41, 5.74) is 1.90. The molecule has 0 radical (unpaired) electrons. The predicted molar refractivity (Wildman–Crippen MR) is 174 cm³/mol. The summed E-state index contributed by atoms with van der Waals surface area (Å²) < 4.78 is 23.2. The van der Waals surface area contributed by atoms with Gasteiger partial charge in [-0.05, 0) is 68.9 Å². The molecule has 0 fully saturated rings. The molecule has 0 aliphatic carbocycles. The van der Waals surface area contributed by atoms with Gasteiger partial charge in [0.15, 0.2) is 6.10 Å². The number of methoxy groups -OCH3 is 1. The lowest BCUT2D eigenvalue weighted by Crippen LogP contribution is -2.46. The molecule has 45 heavy (non-hydrogen) atoms. The summed E-state index contributed by atoms with van der Waals surface area (Å²) >= 11 is 6.35. The van der Waals surface area contributed by atoms with Crippen LogP contribution in [0.1, 0.15) is 71.1 Å². The lowest BCUT2D eigenvalue weighted by Gasteiger charge is -2.29. The van der Waals surface area contributed by atoms with Gasteiger partial charge in [-0.25, -0.2) is 4.79 Å². The molecule has 10 heteroatoms. The largest absolute Gasteiger partial charge is 0.495 e. The molecular weight excluding hydrogens is 596 g/mol. The van der Waals surface area contributed by atoms with E-state index in [2.05, 4.69) is 10.6 Å². The fourth-order valence-corrected chi connectivity index (χ4v) is 5.40. The van der Waals surface area contributed by atoms with Crippen molar-refractivity contribution in [1.29, 1.82) is 0 Å². The second kappa shape index (κ2) is 17.9. The zero-order valence-corrected chi connectivity index (χ0v) is 27.8. The Morgan fingerprint density at radius 3 is 2.42 bits per heavy atom. The van der Waals surface area contributed by atoms with E-state index in [0.717, 1.165) is 11.1 Å². The number of esters is 2. The fraction of sp³-hybridized carbons (Fsp3) is 0.514. The minimum Gasteiger partial charge on any atom is -0.495 e. The number of benzene rings is 2. The Labute approximate surface area is 272 Å². The van der Waals surface area contributed by atoms with Crippen LogP contribution in [0, 0.1) is 5.92 Å². The molecule has 1 heterocycles. The zero-order valence-electron chi connectivity index (χ0n) is 27.1. The zero-order chi connectivity index (χ0) is 32.9. The van der Waals surface area contributed by atoms with Gasteiger partial charge in [0.1, 0.15) is 11.9 Å². The van der Waals surface area contributed by atoms with Gasteiger partial charge in [0, 0.05) is 25.0 Å². The molecule has 0 saturated heterocycles. The summed E-state index contributed by atoms with van der Waals surface area (Å²) in [6.07, 6.45) is 1.61. The number of nitrogens with one attached hydrogen (secondary N) is 2. The summed E-state index contributed by atoms with van der Waals surface area (Å²) in [4.78, 5) is 39.4. The van der Waals surface area contributed by atoms with Crippen molar-refractivity contribution in [2.75, 3.05) is 13.7 Å². The van der Waals surface area contributed by atoms with Crippen LogP contribution in [-0.2, 0) is 35.0 Å². The highest BCUT2D eigenvalue weighted by Crippen LogP contribution is 2.26. The smallest absolute Gasteiger partial charge is 0.347 e. The van der Waals surface area contributed by atoms with Crippen LogP contribution in [0.5, 0.6) is 5.75 Å². The van der Waals surface area contributed by atoms with Gasteiger partial charge in [0.25, 0.3) is 0 Å². The van der Waals surface area contributed by atoms with Crippen LogP contribution >= 0.6 is 11.6 Å². The van der Waals surface area contributed by atoms with Crippen molar-refractivity contribution >= 4 is 29.4 Å². The molecule has 1 aliphatic heterocycles. The van der Waals surface area contributed by atoms with E-state index in [9.17, 15) is 14.4 Å². The van der Waals surface area contributed by atoms with E-state index >= 15 is 0 Å². The topological polar surface area (TPSA) is 112 Å². The van der Waals surface area contributed by atoms with Crippen LogP contribution in [0.3, 0.4) is 0 Å². The van der Waals surface area contributed by atoms with Gasteiger partial charge < -0.3 is 29.6 Å². The first kappa shape index (κ1) is 36.1. The maximum absolute atomic E-state index is 13.4. The number of cyclic esters (lactones) is 2. The average molecular weight is 643 g/mol. The lowest BCUT2D eigenvalue weighted by molar-refractivity contribution is -0.179. The highest BCUT2D eigenvalue weighted by atomic mass is 35.5. The third-order valence-corrected chi connectivity index (χ3v) is 7.86. The van der Waals surface area contributed by atoms with Crippen molar-refractivity contribution in [3.63, 3.8) is 0 Å². The molecule has 2 aromatic carbocycles. The Morgan fingerprint density at radius 2 is 1.76 bits per heavy atom. The third kappa shape index (κ3) is 12.1. The van der Waals surface area contributed by atoms with Gasteiger partial charge in [-0.15, -0.1) is 0 Å². The third-order valence-electron chi connectivity index (χ3n) is 7.57. The minimum absolute atomic E-state index is 0.0361. The van der Waals surface area contributed by atoms with Gasteiger partial charge in [-0.2, -0.15) is 0 Å². The Bertz CT molecular complexity index is 1290. The van der Waals surface area contributed by atoms with Gasteiger partial charge in [-0.1, -0.05) is 67.9 Å². The van der Waals surface area contributed by atoms with Crippen molar-refractivity contribution in [2.45, 2.75) is 96.8 Å². The van der Waals surface area contributed by atoms with Gasteiger partial charge in [0.05, 0.1) is 30.8 Å². The highest BCUT2D eigenvalue weighted by Gasteiger charge is 2.31. The van der Waals surface area contributed by atoms with Crippen LogP contribution in [0.4, 0.5) is 0 Å². The van der Waals surface area contributed by atoms with Gasteiger partial charge >= 0.3 is 11.9 Å². The van der Waals surface area contributed by atoms with Gasteiger partial charge in [0.2, 0.25) is 5.91 Å². The molecule has 2 N–H and O–H groups in total. The molecule has 1 aliphatic rings. The number of halogens is 1. The summed E-state index contributed by atoms with van der Waals surface area (Å²) in [7, 11) is 1.55. The molecule has 0 saturated carbocycles. The first-order valence-corrected chi connectivity index (χ1v) is 16.0. The normalized spacial score (nSPS) is 24.2. The van der Waals surface area contributed by atoms with E-state index < -0.39 is 30.3 Å². The lowest BCUT2D eigenvalue weighted by atomic mass is 10.0. The molecule has 0 spiro atoms. The summed E-state index contributed by atoms with van der Waals surface area (Å²) in [6, 6.07) is 14.7. The number of hydrogen-bond acceptors (Lipinski definition) is 8. The first-order chi connectivity index (χ1) is 21.4. The van der Waals surface area contributed by atoms with Crippen molar-refractivity contribution < 1.29 is 33.3 Å². The first-order valence-electron chi connectivity index (χ1n) is 15.6. The number of carbonyl (C=O) groups excluding carboxylic acids is 3.